The molecule has 0 spiro atoms. The van der Waals surface area contributed by atoms with Crippen LogP contribution in [0.2, 0.25) is 0 Å². The first-order valence-corrected chi connectivity index (χ1v) is 7.65. The summed E-state index contributed by atoms with van der Waals surface area (Å²) in [5, 5.41) is 4.01. The van der Waals surface area contributed by atoms with Crippen molar-refractivity contribution < 1.29 is 14.3 Å². The predicted molar refractivity (Wildman–Crippen MR) is 83.5 cm³/mol. The first-order valence-electron chi connectivity index (χ1n) is 7.65. The van der Waals surface area contributed by atoms with Crippen molar-refractivity contribution >= 4 is 22.8 Å². The Morgan fingerprint density at radius 3 is 2.86 bits per heavy atom. The molecule has 1 fully saturated rings. The molecule has 1 aliphatic rings. The second-order valence-corrected chi connectivity index (χ2v) is 5.77. The van der Waals surface area contributed by atoms with Gasteiger partial charge in [0.05, 0.1) is 13.0 Å². The van der Waals surface area contributed by atoms with Gasteiger partial charge < -0.3 is 15.0 Å². The van der Waals surface area contributed by atoms with Crippen molar-refractivity contribution in [1.29, 1.82) is 0 Å². The van der Waals surface area contributed by atoms with E-state index in [9.17, 15) is 9.59 Å². The van der Waals surface area contributed by atoms with E-state index in [4.69, 9.17) is 4.74 Å². The fraction of sp³-hybridized carbons (Fsp3) is 0.412. The average molecular weight is 300 g/mol. The van der Waals surface area contributed by atoms with Gasteiger partial charge in [0.15, 0.2) is 0 Å². The summed E-state index contributed by atoms with van der Waals surface area (Å²) in [6.07, 6.45) is 5.46. The third kappa shape index (κ3) is 2.84. The Hall–Kier alpha value is -2.30. The normalized spacial score (nSPS) is 21.5. The largest absolute Gasteiger partial charge is 0.469 e. The molecular formula is C17H20N2O3. The minimum Gasteiger partial charge on any atom is -0.469 e. The molecule has 3 rings (SSSR count). The number of hydrogen-bond acceptors (Lipinski definition) is 3. The summed E-state index contributed by atoms with van der Waals surface area (Å²) in [6, 6.07) is 7.34. The number of aromatic amines is 1. The fourth-order valence-electron chi connectivity index (χ4n) is 3.18. The van der Waals surface area contributed by atoms with Gasteiger partial charge in [0.1, 0.15) is 0 Å². The number of ether oxygens (including phenoxy) is 1. The molecular weight excluding hydrogens is 280 g/mol. The van der Waals surface area contributed by atoms with E-state index in [-0.39, 0.29) is 23.8 Å². The summed E-state index contributed by atoms with van der Waals surface area (Å²) >= 11 is 0. The molecule has 0 radical (unpaired) electrons. The van der Waals surface area contributed by atoms with E-state index >= 15 is 0 Å². The second kappa shape index (κ2) is 6.22. The molecule has 5 heteroatoms. The van der Waals surface area contributed by atoms with E-state index in [1.165, 1.54) is 7.11 Å². The Morgan fingerprint density at radius 2 is 2.05 bits per heavy atom. The van der Waals surface area contributed by atoms with Crippen LogP contribution in [-0.4, -0.2) is 30.0 Å². The highest BCUT2D eigenvalue weighted by molar-refractivity contribution is 5.98. The molecule has 5 nitrogen and oxygen atoms in total. The number of aromatic nitrogens is 1. The maximum atomic E-state index is 12.5. The molecule has 1 saturated carbocycles. The highest BCUT2D eigenvalue weighted by atomic mass is 16.5. The van der Waals surface area contributed by atoms with Crippen LogP contribution in [0.15, 0.2) is 30.5 Å². The van der Waals surface area contributed by atoms with Gasteiger partial charge in [-0.15, -0.1) is 0 Å². The lowest BCUT2D eigenvalue weighted by atomic mass is 9.84. The van der Waals surface area contributed by atoms with Gasteiger partial charge in [-0.05, 0) is 37.1 Å². The van der Waals surface area contributed by atoms with Crippen molar-refractivity contribution in [3.8, 4) is 0 Å². The van der Waals surface area contributed by atoms with E-state index in [0.29, 0.717) is 5.56 Å². The number of carbonyl (C=O) groups is 2. The van der Waals surface area contributed by atoms with Crippen molar-refractivity contribution in [2.45, 2.75) is 31.7 Å². The minimum atomic E-state index is -0.237. The first-order chi connectivity index (χ1) is 10.7. The smallest absolute Gasteiger partial charge is 0.310 e. The average Bonchev–Trinajstić information content (AvgIpc) is 3.02. The molecule has 1 aromatic heterocycles. The molecule has 2 aromatic rings. The van der Waals surface area contributed by atoms with E-state index in [0.717, 1.165) is 36.6 Å². The summed E-state index contributed by atoms with van der Waals surface area (Å²) < 4.78 is 4.86. The van der Waals surface area contributed by atoms with Crippen LogP contribution in [0.1, 0.15) is 36.0 Å². The number of benzene rings is 1. The highest BCUT2D eigenvalue weighted by Gasteiger charge is 2.32. The number of esters is 1. The predicted octanol–water partition coefficient (Wildman–Crippen LogP) is 2.63. The summed E-state index contributed by atoms with van der Waals surface area (Å²) in [7, 11) is 1.40. The Kier molecular flexibility index (Phi) is 4.13. The molecule has 1 heterocycles. The molecule has 2 atom stereocenters. The maximum Gasteiger partial charge on any atom is 0.310 e. The van der Waals surface area contributed by atoms with Crippen molar-refractivity contribution in [3.63, 3.8) is 0 Å². The number of carbonyl (C=O) groups excluding carboxylic acids is 2. The van der Waals surface area contributed by atoms with Gasteiger partial charge in [-0.1, -0.05) is 12.8 Å². The standard InChI is InChI=1S/C17H20N2O3/c1-22-17(21)13-4-2-3-5-15(13)19-16(20)12-6-7-14-11(10-12)8-9-18-14/h6-10,13,15,18H,2-5H2,1H3,(H,19,20)/t13-,15+/m0/s1. The zero-order chi connectivity index (χ0) is 15.5. The lowest BCUT2D eigenvalue weighted by Crippen LogP contribution is -2.45. The Balaban J connectivity index is 1.75. The van der Waals surface area contributed by atoms with Crippen molar-refractivity contribution in [2.75, 3.05) is 7.11 Å². The number of fused-ring (bicyclic) bond motifs is 1. The van der Waals surface area contributed by atoms with Crippen LogP contribution < -0.4 is 5.32 Å². The molecule has 22 heavy (non-hydrogen) atoms. The van der Waals surface area contributed by atoms with Gasteiger partial charge in [-0.25, -0.2) is 0 Å². The van der Waals surface area contributed by atoms with Gasteiger partial charge in [-0.3, -0.25) is 9.59 Å². The lowest BCUT2D eigenvalue weighted by Gasteiger charge is -2.30. The molecule has 0 aliphatic heterocycles. The number of rotatable bonds is 3. The third-order valence-corrected chi connectivity index (χ3v) is 4.40. The topological polar surface area (TPSA) is 71.2 Å². The summed E-state index contributed by atoms with van der Waals surface area (Å²) in [6.45, 7) is 0. The quantitative estimate of drug-likeness (QED) is 0.856. The third-order valence-electron chi connectivity index (χ3n) is 4.40. The fourth-order valence-corrected chi connectivity index (χ4v) is 3.18. The van der Waals surface area contributed by atoms with E-state index < -0.39 is 0 Å². The van der Waals surface area contributed by atoms with Crippen LogP contribution in [0.3, 0.4) is 0 Å². The van der Waals surface area contributed by atoms with Crippen molar-refractivity contribution in [1.82, 2.24) is 10.3 Å². The summed E-state index contributed by atoms with van der Waals surface area (Å²) in [4.78, 5) is 27.4. The van der Waals surface area contributed by atoms with Gasteiger partial charge in [0, 0.05) is 28.7 Å². The van der Waals surface area contributed by atoms with Crippen LogP contribution in [-0.2, 0) is 9.53 Å². The van der Waals surface area contributed by atoms with Crippen molar-refractivity contribution in [3.05, 3.63) is 36.0 Å². The van der Waals surface area contributed by atoms with Gasteiger partial charge in [0.2, 0.25) is 0 Å². The second-order valence-electron chi connectivity index (χ2n) is 5.77. The SMILES string of the molecule is COC(=O)[C@H]1CCCC[C@H]1NC(=O)c1ccc2[nH]ccc2c1. The number of methoxy groups -OCH3 is 1. The Labute approximate surface area is 129 Å². The first kappa shape index (κ1) is 14.6. The molecule has 0 saturated heterocycles. The molecule has 2 N–H and O–H groups in total. The number of H-pyrrole nitrogens is 1. The molecule has 0 unspecified atom stereocenters. The van der Waals surface area contributed by atoms with Crippen LogP contribution in [0.25, 0.3) is 10.9 Å². The molecule has 0 bridgehead atoms. The van der Waals surface area contributed by atoms with Crippen LogP contribution in [0.5, 0.6) is 0 Å². The maximum absolute atomic E-state index is 12.5. The van der Waals surface area contributed by atoms with Crippen LogP contribution in [0, 0.1) is 5.92 Å². The van der Waals surface area contributed by atoms with Crippen molar-refractivity contribution in [2.24, 2.45) is 5.92 Å². The summed E-state index contributed by atoms with van der Waals surface area (Å²) in [5.74, 6) is -0.603. The molecule has 1 aliphatic carbocycles. The molecule has 1 aromatic carbocycles. The van der Waals surface area contributed by atoms with Gasteiger partial charge in [-0.2, -0.15) is 0 Å². The van der Waals surface area contributed by atoms with Gasteiger partial charge in [0.25, 0.3) is 5.91 Å². The number of hydrogen-bond donors (Lipinski definition) is 2. The zero-order valence-corrected chi connectivity index (χ0v) is 12.6. The zero-order valence-electron chi connectivity index (χ0n) is 12.6. The van der Waals surface area contributed by atoms with E-state index in [1.54, 1.807) is 6.07 Å². The lowest BCUT2D eigenvalue weighted by molar-refractivity contribution is -0.147. The number of nitrogens with one attached hydrogen (secondary N) is 2. The Morgan fingerprint density at radius 1 is 1.23 bits per heavy atom. The highest BCUT2D eigenvalue weighted by Crippen LogP contribution is 2.26. The molecule has 1 amide bonds. The number of amides is 1. The minimum absolute atomic E-state index is 0.135. The van der Waals surface area contributed by atoms with Crippen LogP contribution >= 0.6 is 0 Å². The van der Waals surface area contributed by atoms with E-state index in [1.807, 2.05) is 24.4 Å². The van der Waals surface area contributed by atoms with Crippen LogP contribution in [0.4, 0.5) is 0 Å². The Bertz CT molecular complexity index is 692. The monoisotopic (exact) mass is 300 g/mol. The van der Waals surface area contributed by atoms with E-state index in [2.05, 4.69) is 10.3 Å². The van der Waals surface area contributed by atoms with Gasteiger partial charge >= 0.3 is 5.97 Å². The molecule has 116 valence electrons. The summed E-state index contributed by atoms with van der Waals surface area (Å²) in [5.41, 5.74) is 1.61.